The largest absolute Gasteiger partial charge is 0.478 e. The summed E-state index contributed by atoms with van der Waals surface area (Å²) in [5.41, 5.74) is 0.396. The second-order valence-electron chi connectivity index (χ2n) is 5.89. The van der Waals surface area contributed by atoms with E-state index in [2.05, 4.69) is 4.90 Å². The van der Waals surface area contributed by atoms with Crippen LogP contribution in [0.4, 0.5) is 10.1 Å². The van der Waals surface area contributed by atoms with Gasteiger partial charge in [0, 0.05) is 12.6 Å². The molecule has 3 nitrogen and oxygen atoms in total. The van der Waals surface area contributed by atoms with Gasteiger partial charge in [0.15, 0.2) is 0 Å². The van der Waals surface area contributed by atoms with Gasteiger partial charge in [-0.3, -0.25) is 0 Å². The van der Waals surface area contributed by atoms with Crippen molar-refractivity contribution in [2.45, 2.75) is 44.6 Å². The van der Waals surface area contributed by atoms with Crippen molar-refractivity contribution >= 4 is 11.7 Å². The number of carboxylic acid groups (broad SMARTS) is 1. The summed E-state index contributed by atoms with van der Waals surface area (Å²) in [6.45, 7) is 0.838. The lowest BCUT2D eigenvalue weighted by atomic mass is 9.78. The van der Waals surface area contributed by atoms with Crippen molar-refractivity contribution in [3.63, 3.8) is 0 Å². The van der Waals surface area contributed by atoms with Gasteiger partial charge in [-0.05, 0) is 43.7 Å². The zero-order valence-corrected chi connectivity index (χ0v) is 11.5. The van der Waals surface area contributed by atoms with Crippen LogP contribution in [0.3, 0.4) is 0 Å². The van der Waals surface area contributed by atoms with Crippen LogP contribution in [0.15, 0.2) is 18.2 Å². The monoisotopic (exact) mass is 277 g/mol. The maximum Gasteiger partial charge on any atom is 0.340 e. The van der Waals surface area contributed by atoms with E-state index >= 15 is 0 Å². The van der Waals surface area contributed by atoms with Gasteiger partial charge in [-0.25, -0.2) is 9.18 Å². The average Bonchev–Trinajstić information content (AvgIpc) is 2.46. The highest BCUT2D eigenvalue weighted by Gasteiger charge is 2.35. The maximum absolute atomic E-state index is 13.9. The fourth-order valence-corrected chi connectivity index (χ4v) is 3.89. The first kappa shape index (κ1) is 13.4. The molecular weight excluding hydrogens is 257 g/mol. The number of hydrogen-bond acceptors (Lipinski definition) is 2. The smallest absolute Gasteiger partial charge is 0.340 e. The molecular formula is C16H20FNO2. The Balaban J connectivity index is 1.99. The van der Waals surface area contributed by atoms with Crippen LogP contribution < -0.4 is 4.90 Å². The molecule has 1 aromatic rings. The molecule has 2 fully saturated rings. The van der Waals surface area contributed by atoms with E-state index in [1.165, 1.54) is 31.7 Å². The van der Waals surface area contributed by atoms with Gasteiger partial charge in [-0.2, -0.15) is 0 Å². The number of aromatic carboxylic acids is 1. The molecule has 1 saturated heterocycles. The summed E-state index contributed by atoms with van der Waals surface area (Å²) in [5.74, 6) is -1.16. The Kier molecular flexibility index (Phi) is 3.64. The molecule has 0 aromatic heterocycles. The van der Waals surface area contributed by atoms with E-state index in [1.54, 1.807) is 12.1 Å². The molecule has 4 heteroatoms. The predicted molar refractivity (Wildman–Crippen MR) is 75.7 cm³/mol. The second kappa shape index (κ2) is 5.43. The first-order valence-electron chi connectivity index (χ1n) is 7.47. The van der Waals surface area contributed by atoms with Crippen LogP contribution in [0.2, 0.25) is 0 Å². The van der Waals surface area contributed by atoms with Gasteiger partial charge >= 0.3 is 5.97 Å². The van der Waals surface area contributed by atoms with Crippen molar-refractivity contribution in [3.05, 3.63) is 29.6 Å². The Labute approximate surface area is 118 Å². The summed E-state index contributed by atoms with van der Waals surface area (Å²) in [6.07, 6.45) is 7.06. The molecule has 1 aliphatic heterocycles. The SMILES string of the molecule is O=C(O)c1c(F)cccc1N1CCCC2CCCCC21. The Morgan fingerprint density at radius 2 is 1.95 bits per heavy atom. The van der Waals surface area contributed by atoms with Crippen LogP contribution >= 0.6 is 0 Å². The van der Waals surface area contributed by atoms with E-state index < -0.39 is 11.8 Å². The summed E-state index contributed by atoms with van der Waals surface area (Å²) in [4.78, 5) is 13.5. The molecule has 2 unspecified atom stereocenters. The summed E-state index contributed by atoms with van der Waals surface area (Å²) in [5, 5.41) is 9.31. The topological polar surface area (TPSA) is 40.5 Å². The minimum atomic E-state index is -1.17. The third-order valence-corrected chi connectivity index (χ3v) is 4.76. The minimum Gasteiger partial charge on any atom is -0.478 e. The number of carboxylic acids is 1. The van der Waals surface area contributed by atoms with Crippen molar-refractivity contribution in [1.29, 1.82) is 0 Å². The van der Waals surface area contributed by atoms with Crippen molar-refractivity contribution in [2.75, 3.05) is 11.4 Å². The fourth-order valence-electron chi connectivity index (χ4n) is 3.89. The third-order valence-electron chi connectivity index (χ3n) is 4.76. The Morgan fingerprint density at radius 3 is 2.75 bits per heavy atom. The summed E-state index contributed by atoms with van der Waals surface area (Å²) >= 11 is 0. The lowest BCUT2D eigenvalue weighted by molar-refractivity contribution is 0.0692. The highest BCUT2D eigenvalue weighted by Crippen LogP contribution is 2.39. The van der Waals surface area contributed by atoms with E-state index in [1.807, 2.05) is 0 Å². The van der Waals surface area contributed by atoms with Gasteiger partial charge in [0.1, 0.15) is 11.4 Å². The predicted octanol–water partition coefficient (Wildman–Crippen LogP) is 3.68. The zero-order valence-electron chi connectivity index (χ0n) is 11.5. The number of halogens is 1. The van der Waals surface area contributed by atoms with Crippen molar-refractivity contribution < 1.29 is 14.3 Å². The van der Waals surface area contributed by atoms with Crippen LogP contribution in [0.1, 0.15) is 48.9 Å². The molecule has 3 rings (SSSR count). The number of fused-ring (bicyclic) bond motifs is 1. The molecule has 0 amide bonds. The van der Waals surface area contributed by atoms with Gasteiger partial charge in [0.2, 0.25) is 0 Å². The van der Waals surface area contributed by atoms with Crippen LogP contribution in [0.25, 0.3) is 0 Å². The number of benzene rings is 1. The number of rotatable bonds is 2. The van der Waals surface area contributed by atoms with Crippen molar-refractivity contribution in [3.8, 4) is 0 Å². The zero-order chi connectivity index (χ0) is 14.1. The summed E-state index contributed by atoms with van der Waals surface area (Å²) in [6, 6.07) is 4.99. The number of carbonyl (C=O) groups is 1. The van der Waals surface area contributed by atoms with Crippen LogP contribution in [0, 0.1) is 11.7 Å². The lowest BCUT2D eigenvalue weighted by Crippen LogP contribution is -2.47. The molecule has 2 atom stereocenters. The quantitative estimate of drug-likeness (QED) is 0.896. The van der Waals surface area contributed by atoms with Gasteiger partial charge in [0.05, 0.1) is 5.69 Å². The van der Waals surface area contributed by atoms with Crippen LogP contribution in [-0.4, -0.2) is 23.7 Å². The maximum atomic E-state index is 13.9. The van der Waals surface area contributed by atoms with E-state index in [0.717, 1.165) is 19.4 Å². The van der Waals surface area contributed by atoms with E-state index in [0.29, 0.717) is 17.6 Å². The van der Waals surface area contributed by atoms with Gasteiger partial charge in [-0.1, -0.05) is 18.9 Å². The Bertz CT molecular complexity index is 515. The lowest BCUT2D eigenvalue weighted by Gasteiger charge is -2.45. The molecule has 1 aromatic carbocycles. The molecule has 2 aliphatic rings. The van der Waals surface area contributed by atoms with Gasteiger partial charge < -0.3 is 10.0 Å². The Hall–Kier alpha value is -1.58. The first-order chi connectivity index (χ1) is 9.68. The molecule has 20 heavy (non-hydrogen) atoms. The van der Waals surface area contributed by atoms with Crippen molar-refractivity contribution in [2.24, 2.45) is 5.92 Å². The van der Waals surface area contributed by atoms with Crippen LogP contribution in [0.5, 0.6) is 0 Å². The van der Waals surface area contributed by atoms with Crippen molar-refractivity contribution in [1.82, 2.24) is 0 Å². The molecule has 1 saturated carbocycles. The number of nitrogens with zero attached hydrogens (tertiary/aromatic N) is 1. The third kappa shape index (κ3) is 2.28. The fraction of sp³-hybridized carbons (Fsp3) is 0.562. The van der Waals surface area contributed by atoms with Gasteiger partial charge in [0.25, 0.3) is 0 Å². The normalized spacial score (nSPS) is 26.1. The van der Waals surface area contributed by atoms with E-state index in [4.69, 9.17) is 0 Å². The van der Waals surface area contributed by atoms with E-state index in [9.17, 15) is 14.3 Å². The first-order valence-corrected chi connectivity index (χ1v) is 7.47. The highest BCUT2D eigenvalue weighted by molar-refractivity contribution is 5.94. The van der Waals surface area contributed by atoms with Crippen LogP contribution in [-0.2, 0) is 0 Å². The van der Waals surface area contributed by atoms with Gasteiger partial charge in [-0.15, -0.1) is 0 Å². The molecule has 0 radical (unpaired) electrons. The van der Waals surface area contributed by atoms with E-state index in [-0.39, 0.29) is 5.56 Å². The number of piperidine rings is 1. The molecule has 1 N–H and O–H groups in total. The molecule has 108 valence electrons. The molecule has 0 spiro atoms. The average molecular weight is 277 g/mol. The molecule has 1 aliphatic carbocycles. The standard InChI is InChI=1S/C16H20FNO2/c17-12-7-3-9-14(15(12)16(19)20)18-10-4-6-11-5-1-2-8-13(11)18/h3,7,9,11,13H,1-2,4-6,8,10H2,(H,19,20). The summed E-state index contributed by atoms with van der Waals surface area (Å²) in [7, 11) is 0. The molecule has 1 heterocycles. The summed E-state index contributed by atoms with van der Waals surface area (Å²) < 4.78 is 13.9. The second-order valence-corrected chi connectivity index (χ2v) is 5.89. The molecule has 0 bridgehead atoms. The minimum absolute atomic E-state index is 0.168. The Morgan fingerprint density at radius 1 is 1.20 bits per heavy atom. The number of hydrogen-bond donors (Lipinski definition) is 1. The highest BCUT2D eigenvalue weighted by atomic mass is 19.1. The number of anilines is 1.